The topological polar surface area (TPSA) is 64.6 Å². The molecule has 1 N–H and O–H groups in total. The fourth-order valence-electron chi connectivity index (χ4n) is 1.36. The molecule has 0 heterocycles. The smallest absolute Gasteiger partial charge is 0.330 e. The monoisotopic (exact) mass is 301 g/mol. The normalized spacial score (nSPS) is 9.90. The molecule has 1 amide bonds. The molecule has 0 aliphatic heterocycles. The number of nitrogens with one attached hydrogen (secondary N) is 1. The van der Waals surface area contributed by atoms with Crippen molar-refractivity contribution < 1.29 is 19.1 Å². The van der Waals surface area contributed by atoms with Crippen molar-refractivity contribution in [3.05, 3.63) is 29.3 Å². The van der Waals surface area contributed by atoms with Gasteiger partial charge in [-0.25, -0.2) is 4.79 Å². The lowest BCUT2D eigenvalue weighted by Gasteiger charge is -2.21. The van der Waals surface area contributed by atoms with Crippen LogP contribution in [-0.4, -0.2) is 31.6 Å². The largest absolute Gasteiger partial charge is 0.495 e. The van der Waals surface area contributed by atoms with Crippen LogP contribution in [0.4, 0.5) is 0 Å². The predicted molar refractivity (Wildman–Crippen MR) is 77.9 cm³/mol. The van der Waals surface area contributed by atoms with E-state index in [2.05, 4.69) is 10.1 Å². The molecule has 112 valence electrons. The van der Waals surface area contributed by atoms with Crippen molar-refractivity contribution in [1.29, 1.82) is 0 Å². The molecule has 20 heavy (non-hydrogen) atoms. The van der Waals surface area contributed by atoms with Gasteiger partial charge in [0.1, 0.15) is 11.3 Å². The molecule has 0 bridgehead atoms. The Morgan fingerprint density at radius 3 is 2.10 bits per heavy atom. The van der Waals surface area contributed by atoms with Crippen LogP contribution in [0.2, 0.25) is 5.02 Å². The quantitative estimate of drug-likeness (QED) is 0.871. The average molecular weight is 302 g/mol. The van der Waals surface area contributed by atoms with E-state index >= 15 is 0 Å². The van der Waals surface area contributed by atoms with E-state index in [1.807, 2.05) is 18.2 Å². The SMILES string of the molecule is COC(=O)C(C)(C)NC(C)=O.COc1ccccc1Cl. The molecule has 1 aromatic carbocycles. The molecular weight excluding hydrogens is 282 g/mol. The summed E-state index contributed by atoms with van der Waals surface area (Å²) in [7, 11) is 2.88. The van der Waals surface area contributed by atoms with Gasteiger partial charge in [-0.1, -0.05) is 23.7 Å². The van der Waals surface area contributed by atoms with Gasteiger partial charge in [0.05, 0.1) is 19.2 Å². The van der Waals surface area contributed by atoms with Crippen molar-refractivity contribution in [2.75, 3.05) is 14.2 Å². The highest BCUT2D eigenvalue weighted by molar-refractivity contribution is 6.32. The molecule has 0 saturated heterocycles. The van der Waals surface area contributed by atoms with Crippen LogP contribution in [0.5, 0.6) is 5.75 Å². The maximum Gasteiger partial charge on any atom is 0.330 e. The Balaban J connectivity index is 0.000000367. The van der Waals surface area contributed by atoms with Crippen LogP contribution < -0.4 is 10.1 Å². The molecule has 0 radical (unpaired) electrons. The molecule has 1 aromatic rings. The number of carbonyl (C=O) groups excluding carboxylic acids is 2. The zero-order valence-electron chi connectivity index (χ0n) is 12.3. The number of amides is 1. The van der Waals surface area contributed by atoms with Gasteiger partial charge >= 0.3 is 5.97 Å². The van der Waals surface area contributed by atoms with Gasteiger partial charge in [-0.2, -0.15) is 0 Å². The van der Waals surface area contributed by atoms with E-state index in [0.717, 1.165) is 5.75 Å². The van der Waals surface area contributed by atoms with E-state index in [1.54, 1.807) is 27.0 Å². The molecule has 0 aromatic heterocycles. The summed E-state index contributed by atoms with van der Waals surface area (Å²) in [5.41, 5.74) is -0.930. The lowest BCUT2D eigenvalue weighted by Crippen LogP contribution is -2.49. The number of ether oxygens (including phenoxy) is 2. The number of rotatable bonds is 3. The molecule has 6 heteroatoms. The van der Waals surface area contributed by atoms with Crippen LogP contribution >= 0.6 is 11.6 Å². The zero-order valence-corrected chi connectivity index (χ0v) is 13.1. The van der Waals surface area contributed by atoms with Crippen molar-refractivity contribution in [2.24, 2.45) is 0 Å². The van der Waals surface area contributed by atoms with E-state index < -0.39 is 11.5 Å². The van der Waals surface area contributed by atoms with Crippen LogP contribution in [0, 0.1) is 0 Å². The second kappa shape index (κ2) is 8.43. The van der Waals surface area contributed by atoms with Gasteiger partial charge in [0.15, 0.2) is 0 Å². The molecule has 1 rings (SSSR count). The lowest BCUT2D eigenvalue weighted by molar-refractivity contribution is -0.149. The fourth-order valence-corrected chi connectivity index (χ4v) is 1.57. The Morgan fingerprint density at radius 2 is 1.75 bits per heavy atom. The Bertz CT molecular complexity index is 460. The van der Waals surface area contributed by atoms with Crippen molar-refractivity contribution >= 4 is 23.5 Å². The first-order valence-electron chi connectivity index (χ1n) is 5.90. The number of esters is 1. The molecule has 0 unspecified atom stereocenters. The fraction of sp³-hybridized carbons (Fsp3) is 0.429. The standard InChI is InChI=1S/C7H7ClO.C7H13NO3/c1-9-7-5-3-2-4-6(7)8;1-5(9)8-7(2,3)6(10)11-4/h2-5H,1H3;1-4H3,(H,8,9). The van der Waals surface area contributed by atoms with E-state index in [0.29, 0.717) is 5.02 Å². The van der Waals surface area contributed by atoms with Crippen LogP contribution in [0.3, 0.4) is 0 Å². The summed E-state index contributed by atoms with van der Waals surface area (Å²) in [6.45, 7) is 4.52. The van der Waals surface area contributed by atoms with Gasteiger partial charge in [0.25, 0.3) is 0 Å². The van der Waals surface area contributed by atoms with Gasteiger partial charge in [-0.15, -0.1) is 0 Å². The van der Waals surface area contributed by atoms with Gasteiger partial charge < -0.3 is 14.8 Å². The third-order valence-corrected chi connectivity index (χ3v) is 2.55. The summed E-state index contributed by atoms with van der Waals surface area (Å²) in [6.07, 6.45) is 0. The molecule has 0 fully saturated rings. The minimum atomic E-state index is -0.930. The molecule has 0 atom stereocenters. The first kappa shape index (κ1) is 18.2. The second-order valence-corrected chi connectivity index (χ2v) is 4.84. The van der Waals surface area contributed by atoms with Crippen LogP contribution in [0.1, 0.15) is 20.8 Å². The highest BCUT2D eigenvalue weighted by atomic mass is 35.5. The van der Waals surface area contributed by atoms with Crippen molar-refractivity contribution in [3.63, 3.8) is 0 Å². The first-order valence-corrected chi connectivity index (χ1v) is 6.28. The molecule has 5 nitrogen and oxygen atoms in total. The number of para-hydroxylation sites is 1. The van der Waals surface area contributed by atoms with Gasteiger partial charge in [-0.3, -0.25) is 4.79 Å². The zero-order chi connectivity index (χ0) is 15.8. The van der Waals surface area contributed by atoms with Crippen molar-refractivity contribution in [2.45, 2.75) is 26.3 Å². The van der Waals surface area contributed by atoms with E-state index in [9.17, 15) is 9.59 Å². The summed E-state index contributed by atoms with van der Waals surface area (Å²) >= 11 is 5.70. The van der Waals surface area contributed by atoms with Gasteiger partial charge in [0.2, 0.25) is 5.91 Å². The summed E-state index contributed by atoms with van der Waals surface area (Å²) in [5, 5.41) is 3.11. The Labute approximate surface area is 124 Å². The van der Waals surface area contributed by atoms with Crippen molar-refractivity contribution in [3.8, 4) is 5.75 Å². The van der Waals surface area contributed by atoms with Crippen LogP contribution in [0.25, 0.3) is 0 Å². The number of carbonyl (C=O) groups is 2. The molecule has 0 aliphatic carbocycles. The molecule has 0 saturated carbocycles. The minimum absolute atomic E-state index is 0.250. The highest BCUT2D eigenvalue weighted by Crippen LogP contribution is 2.21. The number of hydrogen-bond donors (Lipinski definition) is 1. The van der Waals surface area contributed by atoms with Gasteiger partial charge in [0, 0.05) is 6.92 Å². The third-order valence-electron chi connectivity index (χ3n) is 2.24. The molecular formula is C14H20ClNO4. The lowest BCUT2D eigenvalue weighted by atomic mass is 10.1. The van der Waals surface area contributed by atoms with E-state index in [4.69, 9.17) is 16.3 Å². The number of halogens is 1. The van der Waals surface area contributed by atoms with Gasteiger partial charge in [-0.05, 0) is 26.0 Å². The van der Waals surface area contributed by atoms with E-state index in [1.165, 1.54) is 14.0 Å². The minimum Gasteiger partial charge on any atom is -0.495 e. The Hall–Kier alpha value is -1.75. The van der Waals surface area contributed by atoms with Crippen LogP contribution in [-0.2, 0) is 14.3 Å². The summed E-state index contributed by atoms with van der Waals surface area (Å²) in [5.74, 6) is 0.0206. The number of hydrogen-bond acceptors (Lipinski definition) is 4. The maximum atomic E-state index is 10.9. The van der Waals surface area contributed by atoms with Crippen molar-refractivity contribution in [1.82, 2.24) is 5.32 Å². The third kappa shape index (κ3) is 6.43. The summed E-state index contributed by atoms with van der Waals surface area (Å²) in [6, 6.07) is 7.36. The number of methoxy groups -OCH3 is 2. The highest BCUT2D eigenvalue weighted by Gasteiger charge is 2.28. The number of benzene rings is 1. The average Bonchev–Trinajstić information content (AvgIpc) is 2.37. The predicted octanol–water partition coefficient (Wildman–Crippen LogP) is 2.42. The maximum absolute atomic E-state index is 10.9. The summed E-state index contributed by atoms with van der Waals surface area (Å²) < 4.78 is 9.38. The van der Waals surface area contributed by atoms with E-state index in [-0.39, 0.29) is 5.91 Å². The molecule has 0 spiro atoms. The first-order chi connectivity index (χ1) is 9.24. The Kier molecular flexibility index (Phi) is 7.69. The molecule has 0 aliphatic rings. The van der Waals surface area contributed by atoms with Crippen LogP contribution in [0.15, 0.2) is 24.3 Å². The summed E-state index contributed by atoms with van der Waals surface area (Å²) in [4.78, 5) is 21.5. The second-order valence-electron chi connectivity index (χ2n) is 4.43. The Morgan fingerprint density at radius 1 is 1.20 bits per heavy atom.